The van der Waals surface area contributed by atoms with Gasteiger partial charge in [0.1, 0.15) is 0 Å². The molecule has 2 aromatic heterocycles. The van der Waals surface area contributed by atoms with Crippen LogP contribution in [-0.4, -0.2) is 19.7 Å². The van der Waals surface area contributed by atoms with E-state index in [0.717, 1.165) is 39.6 Å². The molecule has 25 heavy (non-hydrogen) atoms. The highest BCUT2D eigenvalue weighted by Crippen LogP contribution is 2.36. The van der Waals surface area contributed by atoms with E-state index in [2.05, 4.69) is 21.8 Å². The molecule has 0 atom stereocenters. The summed E-state index contributed by atoms with van der Waals surface area (Å²) in [6.07, 6.45) is -2.76. The van der Waals surface area contributed by atoms with Crippen molar-refractivity contribution in [2.24, 2.45) is 0 Å². The third-order valence-corrected chi connectivity index (χ3v) is 5.29. The molecule has 1 aromatic carbocycles. The number of aryl methyl sites for hydroxylation is 1. The highest BCUT2D eigenvalue weighted by atomic mass is 32.2. The zero-order valence-corrected chi connectivity index (χ0v) is 14.8. The van der Waals surface area contributed by atoms with E-state index in [9.17, 15) is 13.2 Å². The van der Waals surface area contributed by atoms with Gasteiger partial charge in [0.15, 0.2) is 21.0 Å². The first kappa shape index (κ1) is 17.7. The maximum Gasteiger partial charge on any atom is 0.434 e. The molecular formula is C16H13F3N4S2. The van der Waals surface area contributed by atoms with Crippen molar-refractivity contribution in [1.29, 1.82) is 0 Å². The van der Waals surface area contributed by atoms with Gasteiger partial charge in [0.05, 0.1) is 0 Å². The van der Waals surface area contributed by atoms with Gasteiger partial charge in [-0.2, -0.15) is 13.2 Å². The largest absolute Gasteiger partial charge is 0.434 e. The Hall–Kier alpha value is -2.13. The molecule has 0 aliphatic heterocycles. The number of nitrogens with zero attached hydrogens (tertiary/aromatic N) is 4. The van der Waals surface area contributed by atoms with Crippen molar-refractivity contribution in [1.82, 2.24) is 19.7 Å². The number of thiazole rings is 1. The lowest BCUT2D eigenvalue weighted by Crippen LogP contribution is -2.05. The van der Waals surface area contributed by atoms with Gasteiger partial charge >= 0.3 is 6.18 Å². The number of benzene rings is 1. The summed E-state index contributed by atoms with van der Waals surface area (Å²) in [5.41, 5.74) is 1.05. The number of rotatable bonds is 5. The van der Waals surface area contributed by atoms with Crippen molar-refractivity contribution >= 4 is 23.1 Å². The molecule has 0 spiro atoms. The Bertz CT molecular complexity index is 899. The summed E-state index contributed by atoms with van der Waals surface area (Å²) in [7, 11) is 0. The average molecular weight is 382 g/mol. The smallest absolute Gasteiger partial charge is 0.298 e. The van der Waals surface area contributed by atoms with Gasteiger partial charge in [0.2, 0.25) is 0 Å². The van der Waals surface area contributed by atoms with Crippen LogP contribution in [0.2, 0.25) is 0 Å². The molecule has 0 amide bonds. The molecule has 3 aromatic rings. The van der Waals surface area contributed by atoms with Crippen LogP contribution in [-0.2, 0) is 12.7 Å². The van der Waals surface area contributed by atoms with Crippen molar-refractivity contribution in [2.75, 3.05) is 0 Å². The molecule has 130 valence electrons. The third kappa shape index (κ3) is 3.77. The van der Waals surface area contributed by atoms with Crippen LogP contribution in [0.3, 0.4) is 0 Å². The number of halogens is 3. The summed E-state index contributed by atoms with van der Waals surface area (Å²) in [6.45, 7) is 6.13. The van der Waals surface area contributed by atoms with Gasteiger partial charge in [-0.3, -0.25) is 4.57 Å². The lowest BCUT2D eigenvalue weighted by Gasteiger charge is -2.08. The maximum absolute atomic E-state index is 12.7. The third-order valence-electron chi connectivity index (χ3n) is 3.37. The Morgan fingerprint density at radius 2 is 2.04 bits per heavy atom. The lowest BCUT2D eigenvalue weighted by atomic mass is 10.1. The van der Waals surface area contributed by atoms with Crippen LogP contribution in [0.1, 0.15) is 11.3 Å². The minimum absolute atomic E-state index is 0.265. The highest BCUT2D eigenvalue weighted by Gasteiger charge is 2.34. The van der Waals surface area contributed by atoms with E-state index in [0.29, 0.717) is 17.5 Å². The second-order valence-corrected chi connectivity index (χ2v) is 7.19. The molecule has 9 heteroatoms. The topological polar surface area (TPSA) is 43.6 Å². The number of hydrogen-bond donors (Lipinski definition) is 0. The van der Waals surface area contributed by atoms with Crippen LogP contribution in [0, 0.1) is 6.92 Å². The van der Waals surface area contributed by atoms with Crippen molar-refractivity contribution in [3.8, 4) is 11.4 Å². The Morgan fingerprint density at radius 1 is 1.28 bits per heavy atom. The van der Waals surface area contributed by atoms with E-state index in [1.54, 1.807) is 6.08 Å². The van der Waals surface area contributed by atoms with Crippen molar-refractivity contribution < 1.29 is 13.2 Å². The molecule has 0 bridgehead atoms. The minimum Gasteiger partial charge on any atom is -0.298 e. The maximum atomic E-state index is 12.7. The van der Waals surface area contributed by atoms with Gasteiger partial charge in [-0.05, 0) is 24.2 Å². The summed E-state index contributed by atoms with van der Waals surface area (Å²) < 4.78 is 40.2. The molecular weight excluding hydrogens is 369 g/mol. The summed E-state index contributed by atoms with van der Waals surface area (Å²) in [5.74, 6) is 0.646. The zero-order chi connectivity index (χ0) is 18.0. The monoisotopic (exact) mass is 382 g/mol. The average Bonchev–Trinajstić information content (AvgIpc) is 3.17. The predicted molar refractivity (Wildman–Crippen MR) is 91.6 cm³/mol. The molecule has 2 heterocycles. The number of aromatic nitrogens is 4. The van der Waals surface area contributed by atoms with Crippen molar-refractivity contribution in [3.63, 3.8) is 0 Å². The van der Waals surface area contributed by atoms with E-state index < -0.39 is 11.9 Å². The molecule has 4 nitrogen and oxygen atoms in total. The van der Waals surface area contributed by atoms with Crippen LogP contribution >= 0.6 is 23.1 Å². The molecule has 0 aliphatic rings. The molecule has 3 rings (SSSR count). The Labute approximate surface area is 150 Å². The second kappa shape index (κ2) is 7.01. The fraction of sp³-hybridized carbons (Fsp3) is 0.188. The first-order chi connectivity index (χ1) is 11.9. The summed E-state index contributed by atoms with van der Waals surface area (Å²) in [4.78, 5) is 3.63. The van der Waals surface area contributed by atoms with Crippen LogP contribution in [0.5, 0.6) is 0 Å². The molecule has 0 radical (unpaired) electrons. The quantitative estimate of drug-likeness (QED) is 0.578. The standard InChI is InChI=1S/C16H13F3N4S2/c1-3-8-23-13(11-7-5-4-6-10(11)2)21-22-14(23)25-15-20-12(9-24-15)16(17,18)19/h3-7,9H,1,8H2,2H3. The van der Waals surface area contributed by atoms with Crippen LogP contribution in [0.15, 0.2) is 51.8 Å². The molecule has 0 aliphatic carbocycles. The second-order valence-electron chi connectivity index (χ2n) is 5.12. The van der Waals surface area contributed by atoms with Crippen LogP contribution < -0.4 is 0 Å². The van der Waals surface area contributed by atoms with Gasteiger partial charge in [0, 0.05) is 17.5 Å². The first-order valence-electron chi connectivity index (χ1n) is 7.21. The molecule has 0 unspecified atom stereocenters. The highest BCUT2D eigenvalue weighted by molar-refractivity contribution is 8.00. The van der Waals surface area contributed by atoms with Gasteiger partial charge < -0.3 is 0 Å². The van der Waals surface area contributed by atoms with Gasteiger partial charge in [-0.1, -0.05) is 30.3 Å². The van der Waals surface area contributed by atoms with E-state index >= 15 is 0 Å². The SMILES string of the molecule is C=CCn1c(Sc2nc(C(F)(F)F)cs2)nnc1-c1ccccc1C. The summed E-state index contributed by atoms with van der Waals surface area (Å²) in [6, 6.07) is 7.72. The molecule has 0 saturated carbocycles. The predicted octanol–water partition coefficient (Wildman–Crippen LogP) is 5.07. The summed E-state index contributed by atoms with van der Waals surface area (Å²) >= 11 is 1.99. The van der Waals surface area contributed by atoms with Crippen LogP contribution in [0.25, 0.3) is 11.4 Å². The first-order valence-corrected chi connectivity index (χ1v) is 8.90. The normalized spacial score (nSPS) is 11.7. The lowest BCUT2D eigenvalue weighted by molar-refractivity contribution is -0.141. The van der Waals surface area contributed by atoms with E-state index in [-0.39, 0.29) is 4.34 Å². The number of allylic oxidation sites excluding steroid dienone is 1. The Kier molecular flexibility index (Phi) is 4.96. The zero-order valence-electron chi connectivity index (χ0n) is 13.1. The van der Waals surface area contributed by atoms with Crippen molar-refractivity contribution in [3.05, 3.63) is 53.6 Å². The molecule has 0 fully saturated rings. The fourth-order valence-electron chi connectivity index (χ4n) is 2.19. The molecule has 0 saturated heterocycles. The minimum atomic E-state index is -4.45. The van der Waals surface area contributed by atoms with E-state index in [1.165, 1.54) is 0 Å². The van der Waals surface area contributed by atoms with Crippen LogP contribution in [0.4, 0.5) is 13.2 Å². The number of alkyl halides is 3. The van der Waals surface area contributed by atoms with E-state index in [4.69, 9.17) is 0 Å². The molecule has 0 N–H and O–H groups in total. The number of hydrogen-bond acceptors (Lipinski definition) is 5. The fourth-order valence-corrected chi connectivity index (χ4v) is 3.96. The van der Waals surface area contributed by atoms with Gasteiger partial charge in [-0.25, -0.2) is 4.98 Å². The summed E-state index contributed by atoms with van der Waals surface area (Å²) in [5, 5.41) is 9.82. The van der Waals surface area contributed by atoms with Gasteiger partial charge in [-0.15, -0.1) is 28.1 Å². The van der Waals surface area contributed by atoms with Gasteiger partial charge in [0.25, 0.3) is 0 Å². The van der Waals surface area contributed by atoms with E-state index in [1.807, 2.05) is 35.8 Å². The Balaban J connectivity index is 1.96. The van der Waals surface area contributed by atoms with Crippen molar-refractivity contribution in [2.45, 2.75) is 29.1 Å². The Morgan fingerprint density at radius 3 is 2.68 bits per heavy atom.